The molecule has 0 unspecified atom stereocenters. The molecule has 1 aromatic carbocycles. The van der Waals surface area contributed by atoms with Crippen LogP contribution >= 0.6 is 11.6 Å². The number of rotatable bonds is 4. The molecule has 0 aromatic heterocycles. The smallest absolute Gasteiger partial charge is 0.0455 e. The molecule has 0 aliphatic heterocycles. The van der Waals surface area contributed by atoms with Crippen LogP contribution in [0, 0.1) is 6.92 Å². The van der Waals surface area contributed by atoms with Crippen LogP contribution in [0.25, 0.3) is 0 Å². The standard InChI is InChI=1S/C11H17ClN2/c1-9-4-5-10(8-11(9)12)13-6-7-14(2)3/h4-5,8,13H,6-7H2,1-3H3. The van der Waals surface area contributed by atoms with Crippen LogP contribution in [0.15, 0.2) is 18.2 Å². The molecule has 78 valence electrons. The zero-order valence-corrected chi connectivity index (χ0v) is 9.73. The van der Waals surface area contributed by atoms with E-state index in [-0.39, 0.29) is 0 Å². The van der Waals surface area contributed by atoms with Crippen LogP contribution in [-0.4, -0.2) is 32.1 Å². The van der Waals surface area contributed by atoms with Gasteiger partial charge in [0.15, 0.2) is 0 Å². The van der Waals surface area contributed by atoms with Gasteiger partial charge in [0.2, 0.25) is 0 Å². The van der Waals surface area contributed by atoms with Crippen molar-refractivity contribution in [3.05, 3.63) is 28.8 Å². The van der Waals surface area contributed by atoms with Gasteiger partial charge in [-0.2, -0.15) is 0 Å². The molecule has 0 radical (unpaired) electrons. The van der Waals surface area contributed by atoms with Gasteiger partial charge in [-0.1, -0.05) is 17.7 Å². The van der Waals surface area contributed by atoms with Crippen molar-refractivity contribution >= 4 is 17.3 Å². The molecule has 0 fully saturated rings. The molecule has 0 bridgehead atoms. The van der Waals surface area contributed by atoms with E-state index in [0.717, 1.165) is 29.4 Å². The number of aryl methyl sites for hydroxylation is 1. The number of anilines is 1. The molecule has 0 heterocycles. The van der Waals surface area contributed by atoms with Crippen LogP contribution in [-0.2, 0) is 0 Å². The molecular weight excluding hydrogens is 196 g/mol. The maximum atomic E-state index is 6.00. The first kappa shape index (κ1) is 11.3. The lowest BCUT2D eigenvalue weighted by Gasteiger charge is -2.11. The summed E-state index contributed by atoms with van der Waals surface area (Å²) in [4.78, 5) is 2.14. The minimum atomic E-state index is 0.819. The van der Waals surface area contributed by atoms with Gasteiger partial charge in [0.1, 0.15) is 0 Å². The Morgan fingerprint density at radius 2 is 2.07 bits per heavy atom. The molecule has 0 aliphatic rings. The predicted octanol–water partition coefficient (Wildman–Crippen LogP) is 2.62. The van der Waals surface area contributed by atoms with Gasteiger partial charge in [-0.3, -0.25) is 0 Å². The highest BCUT2D eigenvalue weighted by Crippen LogP contribution is 2.19. The van der Waals surface area contributed by atoms with E-state index in [1.807, 2.05) is 19.1 Å². The van der Waals surface area contributed by atoms with Crippen LogP contribution in [0.2, 0.25) is 5.02 Å². The number of halogens is 1. The molecule has 0 aliphatic carbocycles. The topological polar surface area (TPSA) is 15.3 Å². The fourth-order valence-electron chi connectivity index (χ4n) is 1.13. The molecule has 14 heavy (non-hydrogen) atoms. The van der Waals surface area contributed by atoms with E-state index < -0.39 is 0 Å². The highest BCUT2D eigenvalue weighted by atomic mass is 35.5. The Balaban J connectivity index is 2.47. The summed E-state index contributed by atoms with van der Waals surface area (Å²) in [5.74, 6) is 0. The average Bonchev–Trinajstić information content (AvgIpc) is 2.10. The second-order valence-electron chi connectivity index (χ2n) is 3.69. The van der Waals surface area contributed by atoms with E-state index in [4.69, 9.17) is 11.6 Å². The van der Waals surface area contributed by atoms with Crippen molar-refractivity contribution in [2.75, 3.05) is 32.5 Å². The van der Waals surface area contributed by atoms with E-state index in [0.29, 0.717) is 0 Å². The number of likely N-dealkylation sites (N-methyl/N-ethyl adjacent to an activating group) is 1. The molecular formula is C11H17ClN2. The van der Waals surface area contributed by atoms with E-state index in [1.54, 1.807) is 0 Å². The van der Waals surface area contributed by atoms with Crippen LogP contribution < -0.4 is 5.32 Å². The highest BCUT2D eigenvalue weighted by Gasteiger charge is 1.97. The molecule has 0 atom stereocenters. The summed E-state index contributed by atoms with van der Waals surface area (Å²) in [6.45, 7) is 3.96. The largest absolute Gasteiger partial charge is 0.384 e. The lowest BCUT2D eigenvalue weighted by Crippen LogP contribution is -2.20. The van der Waals surface area contributed by atoms with Gasteiger partial charge in [-0.15, -0.1) is 0 Å². The van der Waals surface area contributed by atoms with Gasteiger partial charge < -0.3 is 10.2 Å². The molecule has 1 rings (SSSR count). The second kappa shape index (κ2) is 5.23. The SMILES string of the molecule is Cc1ccc(NCCN(C)C)cc1Cl. The van der Waals surface area contributed by atoms with Gasteiger partial charge >= 0.3 is 0 Å². The molecule has 0 spiro atoms. The van der Waals surface area contributed by atoms with Crippen LogP contribution in [0.4, 0.5) is 5.69 Å². The lowest BCUT2D eigenvalue weighted by atomic mass is 10.2. The minimum absolute atomic E-state index is 0.819. The lowest BCUT2D eigenvalue weighted by molar-refractivity contribution is 0.425. The van der Waals surface area contributed by atoms with E-state index in [2.05, 4.69) is 30.4 Å². The van der Waals surface area contributed by atoms with Crippen molar-refractivity contribution in [1.82, 2.24) is 4.90 Å². The Morgan fingerprint density at radius 3 is 2.64 bits per heavy atom. The van der Waals surface area contributed by atoms with Crippen LogP contribution in [0.1, 0.15) is 5.56 Å². The Kier molecular flexibility index (Phi) is 4.23. The van der Waals surface area contributed by atoms with Crippen molar-refractivity contribution in [2.45, 2.75) is 6.92 Å². The average molecular weight is 213 g/mol. The van der Waals surface area contributed by atoms with Gasteiger partial charge in [-0.05, 0) is 38.7 Å². The maximum absolute atomic E-state index is 6.00. The first-order chi connectivity index (χ1) is 6.59. The third kappa shape index (κ3) is 3.56. The zero-order valence-electron chi connectivity index (χ0n) is 8.97. The highest BCUT2D eigenvalue weighted by molar-refractivity contribution is 6.31. The number of benzene rings is 1. The van der Waals surface area contributed by atoms with Crippen molar-refractivity contribution < 1.29 is 0 Å². The molecule has 1 N–H and O–H groups in total. The Labute approximate surface area is 90.9 Å². The zero-order chi connectivity index (χ0) is 10.6. The summed E-state index contributed by atoms with van der Waals surface area (Å²) in [6.07, 6.45) is 0. The third-order valence-corrected chi connectivity index (χ3v) is 2.47. The molecule has 3 heteroatoms. The van der Waals surface area contributed by atoms with Crippen molar-refractivity contribution in [2.24, 2.45) is 0 Å². The first-order valence-electron chi connectivity index (χ1n) is 4.74. The summed E-state index contributed by atoms with van der Waals surface area (Å²) in [5.41, 5.74) is 2.20. The third-order valence-electron chi connectivity index (χ3n) is 2.06. The number of nitrogens with zero attached hydrogens (tertiary/aromatic N) is 1. The van der Waals surface area contributed by atoms with Gasteiger partial charge in [-0.25, -0.2) is 0 Å². The fraction of sp³-hybridized carbons (Fsp3) is 0.455. The maximum Gasteiger partial charge on any atom is 0.0455 e. The summed E-state index contributed by atoms with van der Waals surface area (Å²) < 4.78 is 0. The van der Waals surface area contributed by atoms with E-state index in [9.17, 15) is 0 Å². The second-order valence-corrected chi connectivity index (χ2v) is 4.10. The van der Waals surface area contributed by atoms with Crippen molar-refractivity contribution in [3.63, 3.8) is 0 Å². The summed E-state index contributed by atoms with van der Waals surface area (Å²) in [6, 6.07) is 6.05. The van der Waals surface area contributed by atoms with E-state index in [1.165, 1.54) is 0 Å². The Morgan fingerprint density at radius 1 is 1.36 bits per heavy atom. The van der Waals surface area contributed by atoms with Crippen molar-refractivity contribution in [3.8, 4) is 0 Å². The summed E-state index contributed by atoms with van der Waals surface area (Å²) in [5, 5.41) is 4.14. The van der Waals surface area contributed by atoms with Crippen molar-refractivity contribution in [1.29, 1.82) is 0 Å². The summed E-state index contributed by atoms with van der Waals surface area (Å²) in [7, 11) is 4.12. The van der Waals surface area contributed by atoms with Gasteiger partial charge in [0.05, 0.1) is 0 Å². The van der Waals surface area contributed by atoms with Crippen LogP contribution in [0.3, 0.4) is 0 Å². The number of hydrogen-bond donors (Lipinski definition) is 1. The van der Waals surface area contributed by atoms with Crippen LogP contribution in [0.5, 0.6) is 0 Å². The Hall–Kier alpha value is -0.730. The fourth-order valence-corrected chi connectivity index (χ4v) is 1.31. The first-order valence-corrected chi connectivity index (χ1v) is 5.12. The summed E-state index contributed by atoms with van der Waals surface area (Å²) >= 11 is 6.00. The molecule has 0 saturated heterocycles. The number of nitrogens with one attached hydrogen (secondary N) is 1. The monoisotopic (exact) mass is 212 g/mol. The van der Waals surface area contributed by atoms with E-state index >= 15 is 0 Å². The minimum Gasteiger partial charge on any atom is -0.384 e. The van der Waals surface area contributed by atoms with Gasteiger partial charge in [0.25, 0.3) is 0 Å². The molecule has 0 amide bonds. The van der Waals surface area contributed by atoms with Gasteiger partial charge in [0, 0.05) is 23.8 Å². The number of hydrogen-bond acceptors (Lipinski definition) is 2. The quantitative estimate of drug-likeness (QED) is 0.826. The molecule has 0 saturated carbocycles. The normalized spacial score (nSPS) is 10.6. The molecule has 1 aromatic rings. The predicted molar refractivity (Wildman–Crippen MR) is 63.2 cm³/mol. The molecule has 2 nitrogen and oxygen atoms in total. The Bertz CT molecular complexity index is 297.